The van der Waals surface area contributed by atoms with E-state index < -0.39 is 18.5 Å². The Labute approximate surface area is 131 Å². The van der Waals surface area contributed by atoms with Crippen molar-refractivity contribution in [3.05, 3.63) is 65.0 Å². The minimum atomic E-state index is -2.97. The SMILES string of the molecule is O[C@H]1c2ccccc2C[C@@H]1NCc1cc(F)ccc1OC(F)F. The summed E-state index contributed by atoms with van der Waals surface area (Å²) >= 11 is 0. The number of ether oxygens (including phenoxy) is 1. The Morgan fingerprint density at radius 1 is 1.22 bits per heavy atom. The molecule has 3 rings (SSSR count). The minimum Gasteiger partial charge on any atom is -0.434 e. The fourth-order valence-electron chi connectivity index (χ4n) is 2.90. The first kappa shape index (κ1) is 15.8. The largest absolute Gasteiger partial charge is 0.434 e. The molecule has 23 heavy (non-hydrogen) atoms. The summed E-state index contributed by atoms with van der Waals surface area (Å²) < 4.78 is 42.6. The smallest absolute Gasteiger partial charge is 0.387 e. The molecule has 0 aromatic heterocycles. The fraction of sp³-hybridized carbons (Fsp3) is 0.294. The van der Waals surface area contributed by atoms with Crippen LogP contribution < -0.4 is 10.1 Å². The first-order valence-corrected chi connectivity index (χ1v) is 7.27. The lowest BCUT2D eigenvalue weighted by atomic mass is 10.1. The highest BCUT2D eigenvalue weighted by molar-refractivity contribution is 5.37. The Morgan fingerprint density at radius 2 is 2.00 bits per heavy atom. The summed E-state index contributed by atoms with van der Waals surface area (Å²) in [5.41, 5.74) is 2.18. The molecule has 0 saturated heterocycles. The van der Waals surface area contributed by atoms with Crippen molar-refractivity contribution in [1.82, 2.24) is 5.32 Å². The number of rotatable bonds is 5. The van der Waals surface area contributed by atoms with E-state index >= 15 is 0 Å². The number of hydrogen-bond acceptors (Lipinski definition) is 3. The summed E-state index contributed by atoms with van der Waals surface area (Å²) in [6.45, 7) is -2.85. The Bertz CT molecular complexity index is 693. The summed E-state index contributed by atoms with van der Waals surface area (Å²) in [6.07, 6.45) is -0.0586. The van der Waals surface area contributed by atoms with Gasteiger partial charge in [-0.3, -0.25) is 0 Å². The molecule has 0 bridgehead atoms. The lowest BCUT2D eigenvalue weighted by molar-refractivity contribution is -0.0506. The van der Waals surface area contributed by atoms with E-state index in [0.717, 1.165) is 23.3 Å². The summed E-state index contributed by atoms with van der Waals surface area (Å²) in [5.74, 6) is -0.599. The molecule has 2 N–H and O–H groups in total. The van der Waals surface area contributed by atoms with Crippen molar-refractivity contribution in [3.8, 4) is 5.75 Å². The van der Waals surface area contributed by atoms with Gasteiger partial charge in [-0.1, -0.05) is 24.3 Å². The van der Waals surface area contributed by atoms with Crippen LogP contribution in [0, 0.1) is 5.82 Å². The van der Waals surface area contributed by atoms with Gasteiger partial charge < -0.3 is 15.2 Å². The number of fused-ring (bicyclic) bond motifs is 1. The Morgan fingerprint density at radius 3 is 2.74 bits per heavy atom. The lowest BCUT2D eigenvalue weighted by Crippen LogP contribution is -2.32. The van der Waals surface area contributed by atoms with Gasteiger partial charge in [0, 0.05) is 18.2 Å². The third-order valence-electron chi connectivity index (χ3n) is 3.99. The molecule has 1 aliphatic rings. The van der Waals surface area contributed by atoms with Gasteiger partial charge >= 0.3 is 6.61 Å². The molecule has 0 unspecified atom stereocenters. The maximum absolute atomic E-state index is 13.4. The van der Waals surface area contributed by atoms with Crippen molar-refractivity contribution in [1.29, 1.82) is 0 Å². The van der Waals surface area contributed by atoms with Crippen molar-refractivity contribution in [2.75, 3.05) is 0 Å². The Kier molecular flexibility index (Phi) is 4.54. The zero-order valence-corrected chi connectivity index (χ0v) is 12.2. The average Bonchev–Trinajstić information content (AvgIpc) is 2.84. The quantitative estimate of drug-likeness (QED) is 0.888. The first-order chi connectivity index (χ1) is 11.0. The van der Waals surface area contributed by atoms with Gasteiger partial charge in [0.15, 0.2) is 0 Å². The number of hydrogen-bond donors (Lipinski definition) is 2. The van der Waals surface area contributed by atoms with Gasteiger partial charge in [-0.2, -0.15) is 8.78 Å². The first-order valence-electron chi connectivity index (χ1n) is 7.27. The number of alkyl halides is 2. The van der Waals surface area contributed by atoms with Crippen LogP contribution in [0.5, 0.6) is 5.75 Å². The standard InChI is InChI=1S/C17H16F3NO2/c18-12-5-6-15(23-17(19)20)11(7-12)9-21-14-8-10-3-1-2-4-13(10)16(14)22/h1-7,14,16-17,21-22H,8-9H2/t14-,16-/m0/s1. The minimum absolute atomic E-state index is 0.0705. The van der Waals surface area contributed by atoms with Crippen LogP contribution in [0.2, 0.25) is 0 Å². The summed E-state index contributed by atoms with van der Waals surface area (Å²) in [7, 11) is 0. The number of aliphatic hydroxyl groups is 1. The molecule has 2 atom stereocenters. The highest BCUT2D eigenvalue weighted by Crippen LogP contribution is 2.31. The molecule has 0 saturated carbocycles. The molecule has 0 amide bonds. The van der Waals surface area contributed by atoms with E-state index in [4.69, 9.17) is 0 Å². The highest BCUT2D eigenvalue weighted by Gasteiger charge is 2.30. The monoisotopic (exact) mass is 323 g/mol. The third-order valence-corrected chi connectivity index (χ3v) is 3.99. The van der Waals surface area contributed by atoms with Crippen LogP contribution >= 0.6 is 0 Å². The third kappa shape index (κ3) is 3.48. The number of aliphatic hydroxyl groups excluding tert-OH is 1. The maximum Gasteiger partial charge on any atom is 0.387 e. The van der Waals surface area contributed by atoms with E-state index in [9.17, 15) is 18.3 Å². The normalized spacial score (nSPS) is 19.9. The second kappa shape index (κ2) is 6.60. The predicted octanol–water partition coefficient (Wildman–Crippen LogP) is 3.18. The second-order valence-corrected chi connectivity index (χ2v) is 5.47. The van der Waals surface area contributed by atoms with Crippen molar-refractivity contribution < 1.29 is 23.0 Å². The highest BCUT2D eigenvalue weighted by atomic mass is 19.3. The molecule has 6 heteroatoms. The molecule has 1 aliphatic carbocycles. The predicted molar refractivity (Wildman–Crippen MR) is 78.8 cm³/mol. The van der Waals surface area contributed by atoms with Crippen molar-refractivity contribution in [2.45, 2.75) is 31.7 Å². The van der Waals surface area contributed by atoms with Gasteiger partial charge in [-0.05, 0) is 35.7 Å². The molecule has 3 nitrogen and oxygen atoms in total. The summed E-state index contributed by atoms with van der Waals surface area (Å²) in [6, 6.07) is 10.7. The van der Waals surface area contributed by atoms with Gasteiger partial charge in [0.1, 0.15) is 11.6 Å². The van der Waals surface area contributed by atoms with Crippen LogP contribution in [0.15, 0.2) is 42.5 Å². The van der Waals surface area contributed by atoms with Gasteiger partial charge in [0.2, 0.25) is 0 Å². The molecule has 0 radical (unpaired) electrons. The van der Waals surface area contributed by atoms with Crippen LogP contribution in [-0.2, 0) is 13.0 Å². The molecule has 122 valence electrons. The Hall–Kier alpha value is -2.05. The van der Waals surface area contributed by atoms with E-state index in [0.29, 0.717) is 6.42 Å². The molecule has 0 spiro atoms. The zero-order valence-electron chi connectivity index (χ0n) is 12.2. The van der Waals surface area contributed by atoms with Gasteiger partial charge in [0.25, 0.3) is 0 Å². The molecular formula is C17H16F3NO2. The van der Waals surface area contributed by atoms with E-state index in [2.05, 4.69) is 10.1 Å². The van der Waals surface area contributed by atoms with Crippen LogP contribution in [-0.4, -0.2) is 17.8 Å². The second-order valence-electron chi connectivity index (χ2n) is 5.47. The van der Waals surface area contributed by atoms with Crippen LogP contribution in [0.1, 0.15) is 22.8 Å². The van der Waals surface area contributed by atoms with Crippen LogP contribution in [0.25, 0.3) is 0 Å². The Balaban J connectivity index is 1.71. The van der Waals surface area contributed by atoms with Crippen molar-refractivity contribution >= 4 is 0 Å². The molecule has 0 heterocycles. The number of nitrogens with one attached hydrogen (secondary N) is 1. The number of halogens is 3. The average molecular weight is 323 g/mol. The van der Waals surface area contributed by atoms with Gasteiger partial charge in [-0.25, -0.2) is 4.39 Å². The fourth-order valence-corrected chi connectivity index (χ4v) is 2.90. The van der Waals surface area contributed by atoms with Crippen LogP contribution in [0.4, 0.5) is 13.2 Å². The zero-order chi connectivity index (χ0) is 16.4. The van der Waals surface area contributed by atoms with E-state index in [1.165, 1.54) is 6.07 Å². The summed E-state index contributed by atoms with van der Waals surface area (Å²) in [4.78, 5) is 0. The lowest BCUT2D eigenvalue weighted by Gasteiger charge is -2.18. The molecule has 2 aromatic carbocycles. The molecule has 0 aliphatic heterocycles. The van der Waals surface area contributed by atoms with Crippen LogP contribution in [0.3, 0.4) is 0 Å². The van der Waals surface area contributed by atoms with Crippen molar-refractivity contribution in [2.24, 2.45) is 0 Å². The van der Waals surface area contributed by atoms with Gasteiger partial charge in [-0.15, -0.1) is 0 Å². The van der Waals surface area contributed by atoms with E-state index in [1.54, 1.807) is 0 Å². The van der Waals surface area contributed by atoms with E-state index in [1.807, 2.05) is 24.3 Å². The number of benzene rings is 2. The molecule has 2 aromatic rings. The molecule has 0 fully saturated rings. The summed E-state index contributed by atoms with van der Waals surface area (Å²) in [5, 5.41) is 13.4. The topological polar surface area (TPSA) is 41.5 Å². The molecular weight excluding hydrogens is 307 g/mol. The van der Waals surface area contributed by atoms with Crippen molar-refractivity contribution in [3.63, 3.8) is 0 Å². The van der Waals surface area contributed by atoms with E-state index in [-0.39, 0.29) is 23.9 Å². The van der Waals surface area contributed by atoms with Gasteiger partial charge in [0.05, 0.1) is 6.10 Å². The maximum atomic E-state index is 13.4.